The van der Waals surface area contributed by atoms with E-state index >= 15 is 4.39 Å². The molecule has 0 unspecified atom stereocenters. The van der Waals surface area contributed by atoms with Gasteiger partial charge in [0.15, 0.2) is 11.5 Å². The summed E-state index contributed by atoms with van der Waals surface area (Å²) >= 11 is 0. The van der Waals surface area contributed by atoms with Crippen LogP contribution in [0.5, 0.6) is 0 Å². The Balaban J connectivity index is 1.49. The van der Waals surface area contributed by atoms with Crippen LogP contribution in [0.25, 0.3) is 55.8 Å². The van der Waals surface area contributed by atoms with Gasteiger partial charge in [-0.2, -0.15) is 5.10 Å². The maximum Gasteiger partial charge on any atom is 0.178 e. The van der Waals surface area contributed by atoms with E-state index in [9.17, 15) is 4.39 Å². The zero-order valence-electron chi connectivity index (χ0n) is 19.5. The Morgan fingerprint density at radius 1 is 0.944 bits per heavy atom. The van der Waals surface area contributed by atoms with Gasteiger partial charge in [-0.15, -0.1) is 0 Å². The van der Waals surface area contributed by atoms with Gasteiger partial charge >= 0.3 is 0 Å². The van der Waals surface area contributed by atoms with Crippen molar-refractivity contribution in [2.45, 2.75) is 6.54 Å². The molecule has 0 aliphatic heterocycles. The van der Waals surface area contributed by atoms with E-state index in [4.69, 9.17) is 0 Å². The van der Waals surface area contributed by atoms with Gasteiger partial charge in [0.25, 0.3) is 0 Å². The number of H-pyrrole nitrogens is 2. The molecular formula is C27H21F2N7. The number of nitrogens with one attached hydrogen (secondary N) is 2. The zero-order chi connectivity index (χ0) is 24.8. The highest BCUT2D eigenvalue weighted by Gasteiger charge is 2.21. The van der Waals surface area contributed by atoms with Gasteiger partial charge in [-0.1, -0.05) is 12.1 Å². The molecule has 0 spiro atoms. The number of aromatic nitrogens is 6. The lowest BCUT2D eigenvalue weighted by molar-refractivity contribution is 0.402. The van der Waals surface area contributed by atoms with Crippen molar-refractivity contribution in [3.63, 3.8) is 0 Å². The van der Waals surface area contributed by atoms with Crippen molar-refractivity contribution >= 4 is 22.1 Å². The minimum atomic E-state index is -0.418. The molecule has 2 aromatic carbocycles. The van der Waals surface area contributed by atoms with Gasteiger partial charge in [-0.25, -0.2) is 18.7 Å². The van der Waals surface area contributed by atoms with Crippen LogP contribution in [0.4, 0.5) is 8.78 Å². The average molecular weight is 482 g/mol. The van der Waals surface area contributed by atoms with Crippen molar-refractivity contribution in [2.24, 2.45) is 0 Å². The average Bonchev–Trinajstić information content (AvgIpc) is 3.48. The fraction of sp³-hybridized carbons (Fsp3) is 0.111. The van der Waals surface area contributed by atoms with Gasteiger partial charge in [-0.3, -0.25) is 10.1 Å². The third-order valence-corrected chi connectivity index (χ3v) is 6.02. The van der Waals surface area contributed by atoms with E-state index in [0.717, 1.165) is 11.1 Å². The Labute approximate surface area is 204 Å². The van der Waals surface area contributed by atoms with Gasteiger partial charge in [-0.05, 0) is 61.6 Å². The number of benzene rings is 2. The molecule has 0 aliphatic rings. The molecule has 0 saturated carbocycles. The Bertz CT molecular complexity index is 1740. The van der Waals surface area contributed by atoms with Gasteiger partial charge < -0.3 is 9.88 Å². The second-order valence-corrected chi connectivity index (χ2v) is 8.89. The van der Waals surface area contributed by atoms with Crippen LogP contribution in [0.1, 0.15) is 5.56 Å². The first-order valence-corrected chi connectivity index (χ1v) is 11.3. The van der Waals surface area contributed by atoms with Crippen LogP contribution < -0.4 is 0 Å². The molecule has 0 saturated heterocycles. The molecular weight excluding hydrogens is 460 g/mol. The number of imidazole rings is 1. The van der Waals surface area contributed by atoms with Gasteiger partial charge in [0.05, 0.1) is 16.4 Å². The molecule has 9 heteroatoms. The van der Waals surface area contributed by atoms with E-state index in [-0.39, 0.29) is 5.82 Å². The highest BCUT2D eigenvalue weighted by molar-refractivity contribution is 5.98. The topological polar surface area (TPSA) is 86.4 Å². The molecule has 4 aromatic heterocycles. The first kappa shape index (κ1) is 22.0. The second kappa shape index (κ2) is 8.62. The molecule has 0 bridgehead atoms. The lowest BCUT2D eigenvalue weighted by Gasteiger charge is -2.11. The first-order chi connectivity index (χ1) is 17.5. The normalized spacial score (nSPS) is 11.7. The van der Waals surface area contributed by atoms with E-state index in [1.54, 1.807) is 42.9 Å². The molecule has 2 N–H and O–H groups in total. The van der Waals surface area contributed by atoms with Gasteiger partial charge in [0.1, 0.15) is 17.3 Å². The minimum absolute atomic E-state index is 0.317. The summed E-state index contributed by atoms with van der Waals surface area (Å²) in [4.78, 5) is 18.5. The van der Waals surface area contributed by atoms with Gasteiger partial charge in [0.2, 0.25) is 0 Å². The number of hydrogen-bond acceptors (Lipinski definition) is 5. The summed E-state index contributed by atoms with van der Waals surface area (Å²) in [7, 11) is 3.94. The summed E-state index contributed by atoms with van der Waals surface area (Å²) in [5.74, 6) is -0.392. The van der Waals surface area contributed by atoms with E-state index in [0.29, 0.717) is 56.8 Å². The highest BCUT2D eigenvalue weighted by atomic mass is 19.1. The zero-order valence-corrected chi connectivity index (χ0v) is 19.5. The second-order valence-electron chi connectivity index (χ2n) is 8.89. The molecule has 36 heavy (non-hydrogen) atoms. The Morgan fingerprint density at radius 2 is 1.83 bits per heavy atom. The Kier molecular flexibility index (Phi) is 5.26. The Morgan fingerprint density at radius 3 is 2.67 bits per heavy atom. The quantitative estimate of drug-likeness (QED) is 0.336. The van der Waals surface area contributed by atoms with E-state index in [1.807, 2.05) is 31.1 Å². The smallest absolute Gasteiger partial charge is 0.178 e. The van der Waals surface area contributed by atoms with Crippen molar-refractivity contribution in [3.8, 4) is 33.8 Å². The maximum absolute atomic E-state index is 16.0. The van der Waals surface area contributed by atoms with Crippen LogP contribution in [0, 0.1) is 11.6 Å². The lowest BCUT2D eigenvalue weighted by Crippen LogP contribution is -2.10. The molecule has 0 aliphatic carbocycles. The number of aromatic amines is 2. The van der Waals surface area contributed by atoms with Crippen molar-refractivity contribution in [1.29, 1.82) is 0 Å². The number of rotatable bonds is 5. The molecule has 178 valence electrons. The van der Waals surface area contributed by atoms with Crippen LogP contribution in [0.2, 0.25) is 0 Å². The van der Waals surface area contributed by atoms with Crippen molar-refractivity contribution in [3.05, 3.63) is 84.3 Å². The molecule has 0 fully saturated rings. The lowest BCUT2D eigenvalue weighted by atomic mass is 10.0. The summed E-state index contributed by atoms with van der Waals surface area (Å²) < 4.78 is 29.8. The summed E-state index contributed by atoms with van der Waals surface area (Å²) in [5, 5.41) is 7.58. The SMILES string of the molecule is CN(C)Cc1cncc(-c2ccc3[nH]nc(-c4nc5nccc(-c6cccc(F)c6)c5[nH]4)c3c2F)c1. The van der Waals surface area contributed by atoms with Crippen LogP contribution in [-0.2, 0) is 6.54 Å². The van der Waals surface area contributed by atoms with E-state index in [1.165, 1.54) is 12.1 Å². The molecule has 6 rings (SSSR count). The number of halogens is 2. The summed E-state index contributed by atoms with van der Waals surface area (Å²) in [6.45, 7) is 0.696. The molecule has 4 heterocycles. The molecule has 0 amide bonds. The predicted octanol–water partition coefficient (Wildman–Crippen LogP) is 5.57. The summed E-state index contributed by atoms with van der Waals surface area (Å²) in [5.41, 5.74) is 5.44. The fourth-order valence-corrected chi connectivity index (χ4v) is 4.47. The Hall–Kier alpha value is -4.50. The summed E-state index contributed by atoms with van der Waals surface area (Å²) in [6.07, 6.45) is 5.04. The molecule has 0 radical (unpaired) electrons. The number of hydrogen-bond donors (Lipinski definition) is 2. The molecule has 6 aromatic rings. The summed E-state index contributed by atoms with van der Waals surface area (Å²) in [6, 6.07) is 13.5. The van der Waals surface area contributed by atoms with Crippen molar-refractivity contribution < 1.29 is 8.78 Å². The van der Waals surface area contributed by atoms with E-state index in [2.05, 4.69) is 30.1 Å². The van der Waals surface area contributed by atoms with Crippen LogP contribution in [0.3, 0.4) is 0 Å². The number of pyridine rings is 2. The standard InChI is InChI=1S/C27H21F2N7/c1-36(2)14-15-10-17(13-30-12-15)19-6-7-21-22(23(19)29)25(35-34-21)27-32-24-20(8-9-31-26(24)33-27)16-4-3-5-18(28)11-16/h3-13H,14H2,1-2H3,(H,34,35)(H,31,32,33). The minimum Gasteiger partial charge on any atom is -0.335 e. The van der Waals surface area contributed by atoms with Crippen LogP contribution in [0.15, 0.2) is 67.1 Å². The van der Waals surface area contributed by atoms with Crippen molar-refractivity contribution in [1.82, 2.24) is 35.0 Å². The molecule has 7 nitrogen and oxygen atoms in total. The van der Waals surface area contributed by atoms with E-state index < -0.39 is 5.82 Å². The first-order valence-electron chi connectivity index (χ1n) is 11.3. The highest BCUT2D eigenvalue weighted by Crippen LogP contribution is 2.35. The number of nitrogens with zero attached hydrogens (tertiary/aromatic N) is 5. The van der Waals surface area contributed by atoms with Crippen LogP contribution in [-0.4, -0.2) is 49.1 Å². The van der Waals surface area contributed by atoms with Crippen molar-refractivity contribution in [2.75, 3.05) is 14.1 Å². The number of fused-ring (bicyclic) bond motifs is 2. The fourth-order valence-electron chi connectivity index (χ4n) is 4.47. The maximum atomic E-state index is 16.0. The third-order valence-electron chi connectivity index (χ3n) is 6.02. The van der Waals surface area contributed by atoms with Gasteiger partial charge in [0, 0.05) is 41.8 Å². The predicted molar refractivity (Wildman–Crippen MR) is 135 cm³/mol. The third kappa shape index (κ3) is 3.79. The molecule has 0 atom stereocenters. The van der Waals surface area contributed by atoms with Crippen LogP contribution >= 0.6 is 0 Å². The largest absolute Gasteiger partial charge is 0.335 e. The monoisotopic (exact) mass is 481 g/mol.